The maximum Gasteiger partial charge on any atom is 0.175 e. The van der Waals surface area contributed by atoms with E-state index in [4.69, 9.17) is 4.42 Å². The average molecular weight is 276 g/mol. The molecule has 3 aromatic rings. The third kappa shape index (κ3) is 2.04. The molecule has 0 bridgehead atoms. The molecule has 0 amide bonds. The number of aromatic amines is 1. The van der Waals surface area contributed by atoms with Crippen molar-refractivity contribution in [2.75, 3.05) is 6.26 Å². The van der Waals surface area contributed by atoms with E-state index in [0.29, 0.717) is 22.6 Å². The molecule has 0 unspecified atom stereocenters. The molecule has 0 spiro atoms. The molecular formula is C13H12N2O3S. The van der Waals surface area contributed by atoms with E-state index in [0.717, 1.165) is 5.56 Å². The molecule has 0 fully saturated rings. The Labute approximate surface area is 110 Å². The monoisotopic (exact) mass is 276 g/mol. The molecule has 19 heavy (non-hydrogen) atoms. The predicted octanol–water partition coefficient (Wildman–Crippen LogP) is 2.53. The van der Waals surface area contributed by atoms with Crippen LogP contribution in [0, 0.1) is 6.92 Å². The van der Waals surface area contributed by atoms with Crippen LogP contribution in [0.15, 0.2) is 39.8 Å². The molecule has 0 aliphatic heterocycles. The Morgan fingerprint density at radius 2 is 2.05 bits per heavy atom. The van der Waals surface area contributed by atoms with Crippen molar-refractivity contribution in [1.82, 2.24) is 9.97 Å². The summed E-state index contributed by atoms with van der Waals surface area (Å²) in [4.78, 5) is 7.75. The van der Waals surface area contributed by atoms with Crippen LogP contribution in [0.1, 0.15) is 5.56 Å². The van der Waals surface area contributed by atoms with Crippen molar-refractivity contribution < 1.29 is 12.8 Å². The van der Waals surface area contributed by atoms with E-state index in [1.54, 1.807) is 24.5 Å². The summed E-state index contributed by atoms with van der Waals surface area (Å²) in [6, 6.07) is 6.67. The molecule has 1 aromatic carbocycles. The fraction of sp³-hybridized carbons (Fsp3) is 0.154. The highest BCUT2D eigenvalue weighted by Crippen LogP contribution is 2.25. The van der Waals surface area contributed by atoms with Crippen LogP contribution in [0.5, 0.6) is 0 Å². The highest BCUT2D eigenvalue weighted by molar-refractivity contribution is 7.90. The zero-order valence-corrected chi connectivity index (χ0v) is 11.3. The number of nitrogens with zero attached hydrogens (tertiary/aromatic N) is 1. The second kappa shape index (κ2) is 3.96. The summed E-state index contributed by atoms with van der Waals surface area (Å²) in [5.74, 6) is 1.26. The minimum absolute atomic E-state index is 0.270. The van der Waals surface area contributed by atoms with Crippen LogP contribution in [0.25, 0.3) is 22.6 Å². The lowest BCUT2D eigenvalue weighted by Gasteiger charge is -1.96. The van der Waals surface area contributed by atoms with Gasteiger partial charge in [0.2, 0.25) is 0 Å². The quantitative estimate of drug-likeness (QED) is 0.780. The van der Waals surface area contributed by atoms with Gasteiger partial charge in [-0.3, -0.25) is 0 Å². The lowest BCUT2D eigenvalue weighted by molar-refractivity contribution is 0.577. The number of nitrogens with one attached hydrogen (secondary N) is 1. The number of aromatic nitrogens is 2. The van der Waals surface area contributed by atoms with Crippen molar-refractivity contribution in [2.45, 2.75) is 11.8 Å². The first-order valence-corrected chi connectivity index (χ1v) is 7.58. The first kappa shape index (κ1) is 12.0. The van der Waals surface area contributed by atoms with Gasteiger partial charge in [0, 0.05) is 6.26 Å². The molecule has 5 nitrogen and oxygen atoms in total. The molecule has 0 atom stereocenters. The molecule has 98 valence electrons. The first-order chi connectivity index (χ1) is 8.95. The molecule has 1 N–H and O–H groups in total. The Morgan fingerprint density at radius 1 is 1.26 bits per heavy atom. The van der Waals surface area contributed by atoms with Crippen molar-refractivity contribution in [3.8, 4) is 11.6 Å². The van der Waals surface area contributed by atoms with E-state index in [9.17, 15) is 8.42 Å². The number of rotatable bonds is 2. The minimum Gasteiger partial charge on any atom is -0.461 e. The fourth-order valence-corrected chi connectivity index (χ4v) is 2.59. The number of furan rings is 1. The van der Waals surface area contributed by atoms with Crippen LogP contribution in [-0.2, 0) is 9.84 Å². The number of benzene rings is 1. The van der Waals surface area contributed by atoms with Gasteiger partial charge >= 0.3 is 0 Å². The van der Waals surface area contributed by atoms with Crippen LogP contribution in [0.2, 0.25) is 0 Å². The van der Waals surface area contributed by atoms with Gasteiger partial charge in [-0.25, -0.2) is 13.4 Å². The standard InChI is InChI=1S/C13H12N2O3S/c1-8-5-6-18-12(8)13-14-10-4-3-9(19(2,16)17)7-11(10)15-13/h3-7H,1-2H3,(H,14,15). The van der Waals surface area contributed by atoms with Gasteiger partial charge in [-0.05, 0) is 36.8 Å². The third-order valence-electron chi connectivity index (χ3n) is 2.96. The van der Waals surface area contributed by atoms with Crippen molar-refractivity contribution in [1.29, 1.82) is 0 Å². The smallest absolute Gasteiger partial charge is 0.175 e. The number of imidazole rings is 1. The lowest BCUT2D eigenvalue weighted by Crippen LogP contribution is -1.96. The summed E-state index contributed by atoms with van der Waals surface area (Å²) < 4.78 is 28.4. The topological polar surface area (TPSA) is 76.0 Å². The third-order valence-corrected chi connectivity index (χ3v) is 4.07. The van der Waals surface area contributed by atoms with Crippen molar-refractivity contribution in [3.05, 3.63) is 36.1 Å². The molecule has 6 heteroatoms. The molecular weight excluding hydrogens is 264 g/mol. The largest absolute Gasteiger partial charge is 0.461 e. The lowest BCUT2D eigenvalue weighted by atomic mass is 10.3. The van der Waals surface area contributed by atoms with Gasteiger partial charge < -0.3 is 9.40 Å². The normalized spacial score (nSPS) is 12.1. The van der Waals surface area contributed by atoms with Gasteiger partial charge in [-0.1, -0.05) is 0 Å². The Bertz CT molecular complexity index is 859. The zero-order chi connectivity index (χ0) is 13.6. The van der Waals surface area contributed by atoms with Gasteiger partial charge in [0.25, 0.3) is 0 Å². The van der Waals surface area contributed by atoms with Crippen LogP contribution < -0.4 is 0 Å². The van der Waals surface area contributed by atoms with Gasteiger partial charge in [-0.2, -0.15) is 0 Å². The summed E-state index contributed by atoms with van der Waals surface area (Å²) in [6.45, 7) is 1.92. The summed E-state index contributed by atoms with van der Waals surface area (Å²) in [7, 11) is -3.22. The molecule has 2 heterocycles. The second-order valence-corrected chi connectivity index (χ2v) is 6.49. The number of H-pyrrole nitrogens is 1. The molecule has 0 saturated heterocycles. The molecule has 0 aliphatic rings. The summed E-state index contributed by atoms with van der Waals surface area (Å²) in [5.41, 5.74) is 2.36. The molecule has 0 radical (unpaired) electrons. The van der Waals surface area contributed by atoms with E-state index in [2.05, 4.69) is 9.97 Å². The Hall–Kier alpha value is -2.08. The van der Waals surface area contributed by atoms with Crippen molar-refractivity contribution in [2.24, 2.45) is 0 Å². The Kier molecular flexibility index (Phi) is 2.50. The molecule has 2 aromatic heterocycles. The maximum absolute atomic E-state index is 11.5. The van der Waals surface area contributed by atoms with E-state index in [-0.39, 0.29) is 4.90 Å². The van der Waals surface area contributed by atoms with E-state index < -0.39 is 9.84 Å². The van der Waals surface area contributed by atoms with Crippen LogP contribution >= 0.6 is 0 Å². The molecule has 3 rings (SSSR count). The van der Waals surface area contributed by atoms with Crippen LogP contribution in [0.3, 0.4) is 0 Å². The SMILES string of the molecule is Cc1ccoc1-c1nc2ccc(S(C)(=O)=O)cc2[nH]1. The highest BCUT2D eigenvalue weighted by Gasteiger charge is 2.13. The number of sulfone groups is 1. The van der Waals surface area contributed by atoms with Gasteiger partial charge in [0.05, 0.1) is 22.2 Å². The van der Waals surface area contributed by atoms with E-state index >= 15 is 0 Å². The maximum atomic E-state index is 11.5. The van der Waals surface area contributed by atoms with Gasteiger partial charge in [-0.15, -0.1) is 0 Å². The predicted molar refractivity (Wildman–Crippen MR) is 71.6 cm³/mol. The average Bonchev–Trinajstić information content (AvgIpc) is 2.91. The molecule has 0 saturated carbocycles. The number of hydrogen-bond donors (Lipinski definition) is 1. The van der Waals surface area contributed by atoms with Crippen molar-refractivity contribution >= 4 is 20.9 Å². The molecule has 0 aliphatic carbocycles. The number of fused-ring (bicyclic) bond motifs is 1. The summed E-state index contributed by atoms with van der Waals surface area (Å²) >= 11 is 0. The Morgan fingerprint density at radius 3 is 2.68 bits per heavy atom. The first-order valence-electron chi connectivity index (χ1n) is 5.69. The Balaban J connectivity index is 2.19. The second-order valence-electron chi connectivity index (χ2n) is 4.47. The van der Waals surface area contributed by atoms with Crippen LogP contribution in [0.4, 0.5) is 0 Å². The highest BCUT2D eigenvalue weighted by atomic mass is 32.2. The van der Waals surface area contributed by atoms with Crippen molar-refractivity contribution in [3.63, 3.8) is 0 Å². The van der Waals surface area contributed by atoms with E-state index in [1.165, 1.54) is 6.26 Å². The van der Waals surface area contributed by atoms with Gasteiger partial charge in [0.15, 0.2) is 21.4 Å². The summed E-state index contributed by atoms with van der Waals surface area (Å²) in [6.07, 6.45) is 2.78. The van der Waals surface area contributed by atoms with Gasteiger partial charge in [0.1, 0.15) is 0 Å². The van der Waals surface area contributed by atoms with Crippen LogP contribution in [-0.4, -0.2) is 24.6 Å². The summed E-state index contributed by atoms with van der Waals surface area (Å²) in [5, 5.41) is 0. The zero-order valence-electron chi connectivity index (χ0n) is 10.5. The number of aryl methyl sites for hydroxylation is 1. The van der Waals surface area contributed by atoms with E-state index in [1.807, 2.05) is 13.0 Å². The number of hydrogen-bond acceptors (Lipinski definition) is 4. The fourth-order valence-electron chi connectivity index (χ4n) is 1.94. The minimum atomic E-state index is -3.22.